The lowest BCUT2D eigenvalue weighted by molar-refractivity contribution is -0.148. The van der Waals surface area contributed by atoms with E-state index in [4.69, 9.17) is 19.9 Å². The van der Waals surface area contributed by atoms with Gasteiger partial charge in [0.1, 0.15) is 41.3 Å². The van der Waals surface area contributed by atoms with Gasteiger partial charge < -0.3 is 72.1 Å². The zero-order chi connectivity index (χ0) is 78.0. The Labute approximate surface area is 618 Å². The van der Waals surface area contributed by atoms with Gasteiger partial charge >= 0.3 is 18.1 Å². The number of thiazole rings is 1. The van der Waals surface area contributed by atoms with Crippen LogP contribution in [0.1, 0.15) is 160 Å². The number of nitrogens with two attached hydrogens (primary N) is 1. The Kier molecular flexibility index (Phi) is 33.7. The van der Waals surface area contributed by atoms with Crippen molar-refractivity contribution in [1.29, 1.82) is 0 Å². The molecule has 3 heterocycles. The molecule has 5 rings (SSSR count). The van der Waals surface area contributed by atoms with Gasteiger partial charge in [-0.3, -0.25) is 43.3 Å². The van der Waals surface area contributed by atoms with E-state index in [1.807, 2.05) is 49.6 Å². The molecule has 1 saturated heterocycles. The van der Waals surface area contributed by atoms with Gasteiger partial charge in [-0.2, -0.15) is 0 Å². The number of carboxylic acids is 1. The molecule has 10 N–H and O–H groups in total. The average molecular weight is 1500 g/mol. The minimum absolute atomic E-state index is 0.00875. The maximum absolute atomic E-state index is 14.9. The Morgan fingerprint density at radius 2 is 1.42 bits per heavy atom. The zero-order valence-electron chi connectivity index (χ0n) is 62.5. The third-order valence-electron chi connectivity index (χ3n) is 18.5. The first kappa shape index (κ1) is 86.4. The third-order valence-corrected chi connectivity index (χ3v) is 20.3. The molecule has 0 radical (unpaired) electrons. The molecular formula is C72H106N14O17S2. The summed E-state index contributed by atoms with van der Waals surface area (Å²) in [5.74, 6) is -7.89. The molecule has 0 bridgehead atoms. The minimum atomic E-state index is -3.69. The van der Waals surface area contributed by atoms with Crippen molar-refractivity contribution < 1.29 is 80.5 Å². The fraction of sp³-hybridized carbons (Fsp3) is 0.583. The van der Waals surface area contributed by atoms with Crippen molar-refractivity contribution in [2.75, 3.05) is 52.1 Å². The van der Waals surface area contributed by atoms with Crippen LogP contribution < -0.4 is 47.9 Å². The van der Waals surface area contributed by atoms with Crippen LogP contribution in [0.4, 0.5) is 15.3 Å². The van der Waals surface area contributed by atoms with Gasteiger partial charge in [-0.1, -0.05) is 97.4 Å². The number of carbonyl (C=O) groups is 11. The number of nitrogens with one attached hydrogen (secondary N) is 7. The van der Waals surface area contributed by atoms with E-state index in [9.17, 15) is 66.3 Å². The van der Waals surface area contributed by atoms with Crippen LogP contribution in [0.25, 0.3) is 0 Å². The number of aromatic nitrogens is 3. The van der Waals surface area contributed by atoms with Gasteiger partial charge in [0.15, 0.2) is 0 Å². The number of alkyl carbamates (subject to hydrolysis) is 1. The number of ether oxygens (including phenoxy) is 3. The number of carboxylic acid groups (broad SMARTS) is 1. The van der Waals surface area contributed by atoms with E-state index in [1.54, 1.807) is 52.8 Å². The average Bonchev–Trinajstić information content (AvgIpc) is 1.12. The van der Waals surface area contributed by atoms with Gasteiger partial charge in [-0.25, -0.2) is 37.8 Å². The fourth-order valence-electron chi connectivity index (χ4n) is 12.5. The molecule has 0 saturated carbocycles. The van der Waals surface area contributed by atoms with Crippen LogP contribution in [-0.2, 0) is 75.4 Å². The first-order valence-electron chi connectivity index (χ1n) is 35.2. The number of aliphatic carboxylic acids is 1. The lowest BCUT2D eigenvalue weighted by Gasteiger charge is -2.41. The van der Waals surface area contributed by atoms with E-state index in [1.165, 1.54) is 75.5 Å². The van der Waals surface area contributed by atoms with Crippen LogP contribution >= 0.6 is 11.3 Å². The highest BCUT2D eigenvalue weighted by Crippen LogP contribution is 2.32. The number of likely N-dealkylation sites (N-methyl/N-ethyl adjacent to an activating group) is 1. The second-order valence-corrected chi connectivity index (χ2v) is 30.5. The normalized spacial score (nSPS) is 16.0. The molecule has 1 aliphatic rings. The molecule has 31 nitrogen and oxygen atoms in total. The fourth-order valence-corrected chi connectivity index (χ4v) is 13.7. The number of urea groups is 1. The number of hydrogen-bond donors (Lipinski definition) is 9. The molecule has 1 aliphatic heterocycles. The number of nitrogens with zero attached hydrogens (tertiary/aromatic N) is 6. The Bertz CT molecular complexity index is 3680. The molecule has 105 heavy (non-hydrogen) atoms. The highest BCUT2D eigenvalue weighted by molar-refractivity contribution is 7.90. The summed E-state index contributed by atoms with van der Waals surface area (Å²) in [6.45, 7) is 16.6. The van der Waals surface area contributed by atoms with E-state index in [2.05, 4.69) is 52.2 Å². The minimum Gasteiger partial charge on any atom is -0.480 e. The summed E-state index contributed by atoms with van der Waals surface area (Å²) in [5, 5.41) is 31.9. The van der Waals surface area contributed by atoms with Gasteiger partial charge in [0.05, 0.1) is 48.2 Å². The smallest absolute Gasteiger partial charge is 0.408 e. The molecule has 1 fully saturated rings. The number of methoxy groups -OCH3 is 2. The Morgan fingerprint density at radius 3 is 1.98 bits per heavy atom. The van der Waals surface area contributed by atoms with Crippen LogP contribution in [0.15, 0.2) is 83.7 Å². The van der Waals surface area contributed by atoms with Crippen LogP contribution in [0.3, 0.4) is 0 Å². The van der Waals surface area contributed by atoms with E-state index < -0.39 is 140 Å². The predicted octanol–water partition coefficient (Wildman–Crippen LogP) is 4.98. The molecule has 578 valence electrons. The number of likely N-dealkylation sites (tertiary alicyclic amines) is 1. The Morgan fingerprint density at radius 1 is 0.781 bits per heavy atom. The summed E-state index contributed by atoms with van der Waals surface area (Å²) >= 11 is 1.45. The van der Waals surface area contributed by atoms with Crippen molar-refractivity contribution in [2.45, 2.75) is 205 Å². The predicted molar refractivity (Wildman–Crippen MR) is 391 cm³/mol. The summed E-state index contributed by atoms with van der Waals surface area (Å²) < 4.78 is 41.2. The summed E-state index contributed by atoms with van der Waals surface area (Å²) in [6.07, 6.45) is 5.03. The van der Waals surface area contributed by atoms with Gasteiger partial charge in [0, 0.05) is 83.7 Å². The molecule has 0 spiro atoms. The second-order valence-electron chi connectivity index (χ2n) is 27.7. The monoisotopic (exact) mass is 1500 g/mol. The van der Waals surface area contributed by atoms with Crippen LogP contribution in [0.5, 0.6) is 0 Å². The van der Waals surface area contributed by atoms with Crippen molar-refractivity contribution in [3.8, 4) is 0 Å². The molecular weight excluding hydrogens is 1400 g/mol. The number of amides is 11. The quantitative estimate of drug-likeness (QED) is 0.0209. The highest BCUT2D eigenvalue weighted by Gasteiger charge is 2.45. The summed E-state index contributed by atoms with van der Waals surface area (Å²) in [6, 6.07) is 7.97. The molecule has 0 aliphatic carbocycles. The molecule has 33 heteroatoms. The maximum Gasteiger partial charge on any atom is 0.408 e. The van der Waals surface area contributed by atoms with Gasteiger partial charge in [-0.15, -0.1) is 11.3 Å². The Hall–Kier alpha value is -9.21. The highest BCUT2D eigenvalue weighted by atomic mass is 32.2. The van der Waals surface area contributed by atoms with Crippen molar-refractivity contribution >= 4 is 92.2 Å². The van der Waals surface area contributed by atoms with E-state index in [0.717, 1.165) is 34.1 Å². The Balaban J connectivity index is 1.24. The number of benzene rings is 2. The molecule has 2 aromatic heterocycles. The molecule has 2 aromatic carbocycles. The molecule has 11 amide bonds. The van der Waals surface area contributed by atoms with Crippen molar-refractivity contribution in [1.82, 2.24) is 62.0 Å². The number of anilines is 1. The number of rotatable bonds is 41. The summed E-state index contributed by atoms with van der Waals surface area (Å²) in [5.41, 5.74) is 5.03. The topological polar surface area (TPSA) is 428 Å². The van der Waals surface area contributed by atoms with E-state index in [0.29, 0.717) is 44.2 Å². The van der Waals surface area contributed by atoms with Crippen molar-refractivity contribution in [3.63, 3.8) is 0 Å². The number of unbranched alkanes of at least 4 members (excludes halogenated alkanes) is 1. The first-order chi connectivity index (χ1) is 49.5. The van der Waals surface area contributed by atoms with Crippen molar-refractivity contribution in [2.24, 2.45) is 29.4 Å². The zero-order valence-corrected chi connectivity index (χ0v) is 64.1. The van der Waals surface area contributed by atoms with Gasteiger partial charge in [-0.05, 0) is 106 Å². The SMILES string of the molecule is CC[C@H](C)[C@@H]([C@@H](CC(=O)N1CCC[C@H]1[C@H](OC)[C@@H](C)C(=O)N[C@@H](Cc1ccccc1)c1nccs1)OC)N(C)C(=O)[C@@H](NC(=O)C(C)(C)NC(=O)OCc1ccc(N(C(=O)[C@@H](NC(=O)[C@H](CCCCNC(=O)c2cnc(S(C)(=O)=O)nc2)NC(C)=O)C(C)C)[C@@H](CCCNC(N)=O)C(=O)O)cc1)C(C)C. The van der Waals surface area contributed by atoms with Crippen LogP contribution in [0, 0.1) is 23.7 Å². The molecule has 11 atom stereocenters. The number of carbonyl (C=O) groups excluding carboxylic acids is 10. The van der Waals surface area contributed by atoms with Crippen molar-refractivity contribution in [3.05, 3.63) is 100 Å². The third kappa shape index (κ3) is 25.5. The van der Waals surface area contributed by atoms with E-state index in [-0.39, 0.29) is 86.8 Å². The maximum atomic E-state index is 14.9. The van der Waals surface area contributed by atoms with E-state index >= 15 is 0 Å². The molecule has 0 unspecified atom stereocenters. The summed E-state index contributed by atoms with van der Waals surface area (Å²) in [7, 11) is 0.935. The van der Waals surface area contributed by atoms with Crippen LogP contribution in [-0.4, -0.2) is 205 Å². The van der Waals surface area contributed by atoms with Crippen LogP contribution in [0.2, 0.25) is 0 Å². The number of sulfone groups is 1. The second kappa shape index (κ2) is 40.9. The number of primary amides is 1. The lowest BCUT2D eigenvalue weighted by Crippen LogP contribution is -2.62. The molecule has 4 aromatic rings. The largest absolute Gasteiger partial charge is 0.480 e. The summed E-state index contributed by atoms with van der Waals surface area (Å²) in [4.78, 5) is 166. The standard InChI is InChI=1S/C72H106N14O17S2/c1-15-44(6)59(55(101-12)38-56(88)85-35-22-27-53(85)60(102-13)45(7)61(89)80-52(64-75-34-36-104-64)37-47-23-17-16-18-24-47)84(11)65(92)57(42(2)3)82-68(96)72(9,10)83-71(98)103-41-48-28-30-50(31-29-48)86(54(67(94)95)26-21-33-76-69(73)97)66(93)58(43(4)5)81-63(91)51(79-46(8)87)25-19-20-32-74-62(90)49-39-77-70(78-40-49)105(14,99)100/h16-18,23-24,28-31,34,36,39-40,42-45,51-55,57-60H,15,19-22,25-27,32-33,35,37-38,41H2,1-14H3,(H,74,90)(H,79,87)(H,80,89)(H,81,91)(H,82,96)(H,83,98)(H,94,95)(H3,73,76,97)/t44-,45+,51-,52-,53-,54-,55+,57-,58-,59-,60+/m0/s1. The lowest BCUT2D eigenvalue weighted by atomic mass is 9.89. The number of hydrogen-bond acceptors (Lipinski definition) is 20. The van der Waals surface area contributed by atoms with Gasteiger partial charge in [0.2, 0.25) is 50.4 Å². The van der Waals surface area contributed by atoms with Gasteiger partial charge in [0.25, 0.3) is 11.8 Å². The first-order valence-corrected chi connectivity index (χ1v) is 38.0.